The van der Waals surface area contributed by atoms with Gasteiger partial charge in [0.15, 0.2) is 5.78 Å². The molecule has 4 rings (SSSR count). The van der Waals surface area contributed by atoms with Crippen molar-refractivity contribution in [3.8, 4) is 0 Å². The van der Waals surface area contributed by atoms with Crippen LogP contribution in [0.4, 0.5) is 0 Å². The summed E-state index contributed by atoms with van der Waals surface area (Å²) >= 11 is 0. The van der Waals surface area contributed by atoms with Gasteiger partial charge in [0.05, 0.1) is 6.54 Å². The zero-order chi connectivity index (χ0) is 19.7. The number of hydrogen-bond acceptors (Lipinski definition) is 4. The van der Waals surface area contributed by atoms with Gasteiger partial charge in [-0.05, 0) is 49.8 Å². The molecular weight excluding hydrogens is 350 g/mol. The number of rotatable bonds is 4. The van der Waals surface area contributed by atoms with Gasteiger partial charge in [0.1, 0.15) is 0 Å². The lowest BCUT2D eigenvalue weighted by atomic mass is 9.92. The Labute approximate surface area is 168 Å². The number of piperazine rings is 1. The minimum Gasteiger partial charge on any atom is -0.339 e. The molecule has 0 spiro atoms. The highest BCUT2D eigenvalue weighted by atomic mass is 16.2. The van der Waals surface area contributed by atoms with Crippen molar-refractivity contribution in [1.82, 2.24) is 14.7 Å². The first kappa shape index (κ1) is 19.6. The third kappa shape index (κ3) is 4.01. The highest BCUT2D eigenvalue weighted by Crippen LogP contribution is 2.28. The minimum atomic E-state index is 0.118. The van der Waals surface area contributed by atoms with E-state index in [9.17, 15) is 9.59 Å². The Morgan fingerprint density at radius 3 is 2.75 bits per heavy atom. The molecule has 0 N–H and O–H groups in total. The summed E-state index contributed by atoms with van der Waals surface area (Å²) in [5, 5.41) is 0. The second kappa shape index (κ2) is 8.34. The molecule has 0 bridgehead atoms. The van der Waals surface area contributed by atoms with Crippen LogP contribution in [0.2, 0.25) is 0 Å². The first-order chi connectivity index (χ1) is 13.5. The fraction of sp³-hybridized carbons (Fsp3) is 0.652. The molecule has 1 aromatic rings. The number of amides is 1. The van der Waals surface area contributed by atoms with Crippen LogP contribution in [0.1, 0.15) is 61.0 Å². The maximum absolute atomic E-state index is 13.0. The van der Waals surface area contributed by atoms with Crippen LogP contribution in [0, 0.1) is 0 Å². The van der Waals surface area contributed by atoms with Crippen LogP contribution >= 0.6 is 0 Å². The van der Waals surface area contributed by atoms with Gasteiger partial charge in [0.25, 0.3) is 0 Å². The van der Waals surface area contributed by atoms with Crippen LogP contribution in [0.25, 0.3) is 0 Å². The van der Waals surface area contributed by atoms with E-state index < -0.39 is 0 Å². The summed E-state index contributed by atoms with van der Waals surface area (Å²) in [6.45, 7) is 8.92. The lowest BCUT2D eigenvalue weighted by molar-refractivity contribution is -0.137. The molecular formula is C23H33N3O2. The Morgan fingerprint density at radius 1 is 1.11 bits per heavy atom. The van der Waals surface area contributed by atoms with Gasteiger partial charge in [-0.1, -0.05) is 25.5 Å². The van der Waals surface area contributed by atoms with E-state index in [1.807, 2.05) is 12.1 Å². The number of carbonyl (C=O) groups excluding carboxylic acids is 2. The SMILES string of the molecule is CCC1CCC[C@H]2CN(C(=O)CN3CCc4cc(C(C)=O)ccc4C3)CCN12. The zero-order valence-corrected chi connectivity index (χ0v) is 17.3. The van der Waals surface area contributed by atoms with Crippen molar-refractivity contribution >= 4 is 11.7 Å². The average Bonchev–Trinajstić information content (AvgIpc) is 2.72. The fourth-order valence-electron chi connectivity index (χ4n) is 5.28. The molecule has 5 heteroatoms. The highest BCUT2D eigenvalue weighted by molar-refractivity contribution is 5.94. The minimum absolute atomic E-state index is 0.118. The van der Waals surface area contributed by atoms with Crippen molar-refractivity contribution in [1.29, 1.82) is 0 Å². The van der Waals surface area contributed by atoms with Crippen molar-refractivity contribution in [3.05, 3.63) is 34.9 Å². The van der Waals surface area contributed by atoms with Gasteiger partial charge in [-0.25, -0.2) is 0 Å². The Bertz CT molecular complexity index is 747. The van der Waals surface area contributed by atoms with Crippen LogP contribution in [0.15, 0.2) is 18.2 Å². The van der Waals surface area contributed by atoms with Gasteiger partial charge < -0.3 is 4.90 Å². The molecule has 2 saturated heterocycles. The predicted molar refractivity (Wildman–Crippen MR) is 110 cm³/mol. The quantitative estimate of drug-likeness (QED) is 0.750. The third-order valence-corrected chi connectivity index (χ3v) is 6.96. The van der Waals surface area contributed by atoms with Crippen LogP contribution in [0.5, 0.6) is 0 Å². The summed E-state index contributed by atoms with van der Waals surface area (Å²) < 4.78 is 0. The number of hydrogen-bond donors (Lipinski definition) is 0. The van der Waals surface area contributed by atoms with Crippen LogP contribution < -0.4 is 0 Å². The number of nitrogens with zero attached hydrogens (tertiary/aromatic N) is 3. The van der Waals surface area contributed by atoms with E-state index in [4.69, 9.17) is 0 Å². The third-order valence-electron chi connectivity index (χ3n) is 6.96. The first-order valence-electron chi connectivity index (χ1n) is 10.9. The number of piperidine rings is 1. The van der Waals surface area contributed by atoms with E-state index in [-0.39, 0.29) is 11.7 Å². The van der Waals surface area contributed by atoms with Crippen LogP contribution in [0.3, 0.4) is 0 Å². The van der Waals surface area contributed by atoms with E-state index in [0.717, 1.165) is 50.7 Å². The Balaban J connectivity index is 1.34. The number of ketones is 1. The zero-order valence-electron chi connectivity index (χ0n) is 17.3. The summed E-state index contributed by atoms with van der Waals surface area (Å²) in [4.78, 5) is 31.6. The normalized spacial score (nSPS) is 25.9. The topological polar surface area (TPSA) is 43.9 Å². The molecule has 152 valence electrons. The monoisotopic (exact) mass is 383 g/mol. The largest absolute Gasteiger partial charge is 0.339 e. The maximum atomic E-state index is 13.0. The van der Waals surface area contributed by atoms with E-state index in [2.05, 4.69) is 27.7 Å². The second-order valence-corrected chi connectivity index (χ2v) is 8.72. The van der Waals surface area contributed by atoms with Gasteiger partial charge in [0.2, 0.25) is 5.91 Å². The molecule has 1 amide bonds. The van der Waals surface area contributed by atoms with Crippen molar-refractivity contribution in [2.75, 3.05) is 32.7 Å². The van der Waals surface area contributed by atoms with Crippen molar-refractivity contribution < 1.29 is 9.59 Å². The highest BCUT2D eigenvalue weighted by Gasteiger charge is 2.35. The van der Waals surface area contributed by atoms with Crippen molar-refractivity contribution in [2.45, 2.75) is 64.6 Å². The van der Waals surface area contributed by atoms with Crippen molar-refractivity contribution in [2.24, 2.45) is 0 Å². The Hall–Kier alpha value is -1.72. The van der Waals surface area contributed by atoms with E-state index in [1.165, 1.54) is 36.8 Å². The smallest absolute Gasteiger partial charge is 0.236 e. The lowest BCUT2D eigenvalue weighted by Gasteiger charge is -2.48. The van der Waals surface area contributed by atoms with Crippen molar-refractivity contribution in [3.63, 3.8) is 0 Å². The summed E-state index contributed by atoms with van der Waals surface area (Å²) in [6, 6.07) is 7.29. The van der Waals surface area contributed by atoms with Gasteiger partial charge in [-0.2, -0.15) is 0 Å². The molecule has 3 heterocycles. The molecule has 0 saturated carbocycles. The molecule has 28 heavy (non-hydrogen) atoms. The summed E-state index contributed by atoms with van der Waals surface area (Å²) in [5.41, 5.74) is 3.31. The number of Topliss-reactive ketones (excluding diaryl/α,β-unsaturated/α-hetero) is 1. The molecule has 1 unspecified atom stereocenters. The summed E-state index contributed by atoms with van der Waals surface area (Å²) in [7, 11) is 0. The Kier molecular flexibility index (Phi) is 5.83. The fourth-order valence-corrected chi connectivity index (χ4v) is 5.28. The second-order valence-electron chi connectivity index (χ2n) is 8.72. The lowest BCUT2D eigenvalue weighted by Crippen LogP contribution is -2.60. The predicted octanol–water partition coefficient (Wildman–Crippen LogP) is 2.72. The number of carbonyl (C=O) groups is 2. The molecule has 0 radical (unpaired) electrons. The van der Waals surface area contributed by atoms with E-state index >= 15 is 0 Å². The number of fused-ring (bicyclic) bond motifs is 2. The molecule has 5 nitrogen and oxygen atoms in total. The maximum Gasteiger partial charge on any atom is 0.236 e. The average molecular weight is 384 g/mol. The van der Waals surface area contributed by atoms with Gasteiger partial charge in [-0.15, -0.1) is 0 Å². The molecule has 2 atom stereocenters. The molecule has 3 aliphatic rings. The Morgan fingerprint density at radius 2 is 1.96 bits per heavy atom. The molecule has 0 aromatic heterocycles. The molecule has 0 aliphatic carbocycles. The van der Waals surface area contributed by atoms with Gasteiger partial charge in [-0.3, -0.25) is 19.4 Å². The van der Waals surface area contributed by atoms with E-state index in [1.54, 1.807) is 6.92 Å². The first-order valence-corrected chi connectivity index (χ1v) is 10.9. The summed E-state index contributed by atoms with van der Waals surface area (Å²) in [6.07, 6.45) is 5.99. The van der Waals surface area contributed by atoms with E-state index in [0.29, 0.717) is 12.6 Å². The number of benzene rings is 1. The standard InChI is InChI=1S/C23H33N3O2/c1-3-21-5-4-6-22-15-25(11-12-26(21)22)23(28)16-24-10-9-19-13-18(17(2)27)7-8-20(19)14-24/h7-8,13,21-22H,3-6,9-12,14-16H2,1-2H3/t21?,22-/m0/s1. The summed E-state index contributed by atoms with van der Waals surface area (Å²) in [5.74, 6) is 0.398. The van der Waals surface area contributed by atoms with Crippen LogP contribution in [-0.4, -0.2) is 71.2 Å². The molecule has 2 fully saturated rings. The molecule has 3 aliphatic heterocycles. The van der Waals surface area contributed by atoms with Gasteiger partial charge in [0, 0.05) is 50.4 Å². The molecule has 1 aromatic carbocycles. The van der Waals surface area contributed by atoms with Gasteiger partial charge >= 0.3 is 0 Å². The van der Waals surface area contributed by atoms with Crippen LogP contribution in [-0.2, 0) is 17.8 Å².